The quantitative estimate of drug-likeness (QED) is 0.851. The van der Waals surface area contributed by atoms with E-state index in [9.17, 15) is 14.7 Å². The summed E-state index contributed by atoms with van der Waals surface area (Å²) in [6.07, 6.45) is 1.01. The van der Waals surface area contributed by atoms with Gasteiger partial charge in [0, 0.05) is 10.9 Å². The zero-order valence-corrected chi connectivity index (χ0v) is 14.3. The number of rotatable bonds is 3. The van der Waals surface area contributed by atoms with Gasteiger partial charge in [-0.25, -0.2) is 0 Å². The van der Waals surface area contributed by atoms with Crippen LogP contribution in [0.2, 0.25) is 10.0 Å². The van der Waals surface area contributed by atoms with Gasteiger partial charge in [-0.15, -0.1) is 0 Å². The van der Waals surface area contributed by atoms with Crippen molar-refractivity contribution in [2.45, 2.75) is 33.6 Å². The van der Waals surface area contributed by atoms with Crippen LogP contribution in [0.4, 0.5) is 5.69 Å². The molecule has 1 amide bonds. The third kappa shape index (κ3) is 2.70. The van der Waals surface area contributed by atoms with E-state index in [1.165, 1.54) is 0 Å². The molecule has 2 rings (SSSR count). The Bertz CT molecular complexity index is 630. The second-order valence-corrected chi connectivity index (χ2v) is 7.41. The molecule has 1 saturated carbocycles. The zero-order valence-electron chi connectivity index (χ0n) is 12.7. The molecule has 1 aromatic rings. The first-order valence-electron chi connectivity index (χ1n) is 7.09. The van der Waals surface area contributed by atoms with Gasteiger partial charge < -0.3 is 10.4 Å². The lowest BCUT2D eigenvalue weighted by Gasteiger charge is -2.37. The molecule has 1 fully saturated rings. The number of amides is 1. The molecule has 0 spiro atoms. The summed E-state index contributed by atoms with van der Waals surface area (Å²) in [5.74, 6) is -1.46. The Morgan fingerprint density at radius 3 is 2.41 bits per heavy atom. The van der Waals surface area contributed by atoms with E-state index in [-0.39, 0.29) is 11.8 Å². The molecule has 2 atom stereocenters. The number of aliphatic carboxylic acids is 1. The average molecular weight is 344 g/mol. The highest BCUT2D eigenvalue weighted by atomic mass is 35.5. The summed E-state index contributed by atoms with van der Waals surface area (Å²) in [6, 6.07) is 4.84. The Hall–Kier alpha value is -1.26. The normalized spacial score (nSPS) is 26.7. The molecule has 6 heteroatoms. The molecule has 0 radical (unpaired) electrons. The van der Waals surface area contributed by atoms with E-state index < -0.39 is 16.8 Å². The van der Waals surface area contributed by atoms with Crippen molar-refractivity contribution < 1.29 is 14.7 Å². The number of carbonyl (C=O) groups is 2. The minimum Gasteiger partial charge on any atom is -0.481 e. The smallest absolute Gasteiger partial charge is 0.309 e. The fourth-order valence-electron chi connectivity index (χ4n) is 3.15. The number of carbonyl (C=O) groups excluding carboxylic acids is 1. The zero-order chi connectivity index (χ0) is 16.7. The second kappa shape index (κ2) is 5.74. The maximum atomic E-state index is 12.6. The van der Waals surface area contributed by atoms with Gasteiger partial charge in [0.2, 0.25) is 5.91 Å². The molecule has 0 saturated heterocycles. The summed E-state index contributed by atoms with van der Waals surface area (Å²) in [5, 5.41) is 13.1. The minimum absolute atomic E-state index is 0.209. The van der Waals surface area contributed by atoms with E-state index in [0.717, 1.165) is 0 Å². The van der Waals surface area contributed by atoms with E-state index in [4.69, 9.17) is 23.2 Å². The van der Waals surface area contributed by atoms with Gasteiger partial charge in [0.05, 0.1) is 16.1 Å². The van der Waals surface area contributed by atoms with Crippen LogP contribution in [0.5, 0.6) is 0 Å². The minimum atomic E-state index is -0.918. The number of carboxylic acids is 1. The lowest BCUT2D eigenvalue weighted by Crippen LogP contribution is -2.43. The summed E-state index contributed by atoms with van der Waals surface area (Å²) in [5.41, 5.74) is -1.09. The predicted octanol–water partition coefficient (Wildman–Crippen LogP) is 4.46. The van der Waals surface area contributed by atoms with Gasteiger partial charge in [-0.2, -0.15) is 0 Å². The van der Waals surface area contributed by atoms with Crippen LogP contribution in [-0.2, 0) is 9.59 Å². The summed E-state index contributed by atoms with van der Waals surface area (Å²) in [6.45, 7) is 5.38. The third-order valence-electron chi connectivity index (χ3n) is 5.20. The van der Waals surface area contributed by atoms with Crippen LogP contribution in [0.3, 0.4) is 0 Å². The van der Waals surface area contributed by atoms with Crippen molar-refractivity contribution in [2.24, 2.45) is 16.7 Å². The molecule has 0 bridgehead atoms. The van der Waals surface area contributed by atoms with Crippen LogP contribution < -0.4 is 5.32 Å². The van der Waals surface area contributed by atoms with Crippen molar-refractivity contribution in [3.05, 3.63) is 28.2 Å². The summed E-state index contributed by atoms with van der Waals surface area (Å²) < 4.78 is 0. The number of halogens is 2. The summed E-state index contributed by atoms with van der Waals surface area (Å²) >= 11 is 11.9. The van der Waals surface area contributed by atoms with Crippen molar-refractivity contribution in [3.63, 3.8) is 0 Å². The number of nitrogens with one attached hydrogen (secondary N) is 1. The fourth-order valence-corrected chi connectivity index (χ4v) is 3.61. The molecule has 1 aliphatic carbocycles. The van der Waals surface area contributed by atoms with E-state index in [1.54, 1.807) is 25.1 Å². The summed E-state index contributed by atoms with van der Waals surface area (Å²) in [4.78, 5) is 24.2. The first kappa shape index (κ1) is 17.1. The van der Waals surface area contributed by atoms with Crippen molar-refractivity contribution in [1.29, 1.82) is 0 Å². The molecule has 0 heterocycles. The summed E-state index contributed by atoms with van der Waals surface area (Å²) in [7, 11) is 0. The highest BCUT2D eigenvalue weighted by Gasteiger charge is 2.58. The van der Waals surface area contributed by atoms with E-state index in [1.807, 2.05) is 13.8 Å². The van der Waals surface area contributed by atoms with E-state index in [2.05, 4.69) is 5.32 Å². The number of carboxylic acid groups (broad SMARTS) is 1. The molecule has 22 heavy (non-hydrogen) atoms. The Morgan fingerprint density at radius 1 is 1.27 bits per heavy atom. The van der Waals surface area contributed by atoms with Gasteiger partial charge in [-0.1, -0.05) is 37.0 Å². The Balaban J connectivity index is 2.22. The van der Waals surface area contributed by atoms with Crippen LogP contribution in [0.1, 0.15) is 33.6 Å². The first-order valence-corrected chi connectivity index (χ1v) is 7.84. The molecule has 0 aromatic heterocycles. The monoisotopic (exact) mass is 343 g/mol. The molecule has 1 aromatic carbocycles. The fraction of sp³-hybridized carbons (Fsp3) is 0.500. The molecule has 0 aliphatic heterocycles. The Kier molecular flexibility index (Phi) is 4.46. The van der Waals surface area contributed by atoms with Gasteiger partial charge in [-0.05, 0) is 43.4 Å². The van der Waals surface area contributed by atoms with Crippen LogP contribution in [0.15, 0.2) is 18.2 Å². The average Bonchev–Trinajstić information content (AvgIpc) is 2.65. The molecule has 1 aliphatic rings. The largest absolute Gasteiger partial charge is 0.481 e. The number of hydrogen-bond acceptors (Lipinski definition) is 2. The van der Waals surface area contributed by atoms with Crippen molar-refractivity contribution in [1.82, 2.24) is 0 Å². The predicted molar refractivity (Wildman–Crippen MR) is 87.3 cm³/mol. The number of anilines is 1. The first-order chi connectivity index (χ1) is 10.1. The van der Waals surface area contributed by atoms with Crippen molar-refractivity contribution in [3.8, 4) is 0 Å². The molecular weight excluding hydrogens is 325 g/mol. The molecule has 2 N–H and O–H groups in total. The topological polar surface area (TPSA) is 66.4 Å². The Labute approximate surface area is 139 Å². The highest BCUT2D eigenvalue weighted by molar-refractivity contribution is 6.36. The molecule has 120 valence electrons. The maximum absolute atomic E-state index is 12.6. The van der Waals surface area contributed by atoms with E-state index >= 15 is 0 Å². The molecule has 0 unspecified atom stereocenters. The van der Waals surface area contributed by atoms with Gasteiger partial charge in [0.15, 0.2) is 0 Å². The van der Waals surface area contributed by atoms with Gasteiger partial charge in [-0.3, -0.25) is 9.59 Å². The molecular formula is C16H19Cl2NO3. The van der Waals surface area contributed by atoms with Crippen molar-refractivity contribution in [2.75, 3.05) is 5.32 Å². The third-order valence-corrected chi connectivity index (χ3v) is 5.75. The van der Waals surface area contributed by atoms with Crippen LogP contribution in [-0.4, -0.2) is 17.0 Å². The van der Waals surface area contributed by atoms with Crippen molar-refractivity contribution >= 4 is 40.8 Å². The maximum Gasteiger partial charge on any atom is 0.309 e. The van der Waals surface area contributed by atoms with Gasteiger partial charge >= 0.3 is 5.97 Å². The lowest BCUT2D eigenvalue weighted by atomic mass is 9.65. The standard InChI is InChI=1S/C16H19Cl2NO3/c1-15(2)10(6-7-16(15,3)14(21)22)13(20)19-12-5-4-9(17)8-11(12)18/h4-5,8,10H,6-7H2,1-3H3,(H,19,20)(H,21,22)/t10-,16+/m1/s1. The highest BCUT2D eigenvalue weighted by Crippen LogP contribution is 2.56. The van der Waals surface area contributed by atoms with Crippen LogP contribution in [0, 0.1) is 16.7 Å². The van der Waals surface area contributed by atoms with Gasteiger partial charge in [0.25, 0.3) is 0 Å². The second-order valence-electron chi connectivity index (χ2n) is 6.56. The molecule has 4 nitrogen and oxygen atoms in total. The SMILES string of the molecule is CC1(C)[C@@H](C(=O)Nc2ccc(Cl)cc2Cl)CC[C@@]1(C)C(=O)O. The van der Waals surface area contributed by atoms with Crippen LogP contribution >= 0.6 is 23.2 Å². The van der Waals surface area contributed by atoms with Gasteiger partial charge in [0.1, 0.15) is 0 Å². The van der Waals surface area contributed by atoms with E-state index in [0.29, 0.717) is 28.6 Å². The lowest BCUT2D eigenvalue weighted by molar-refractivity contribution is -0.154. The van der Waals surface area contributed by atoms with Crippen LogP contribution in [0.25, 0.3) is 0 Å². The Morgan fingerprint density at radius 2 is 1.91 bits per heavy atom. The number of hydrogen-bond donors (Lipinski definition) is 2. The number of benzene rings is 1.